The van der Waals surface area contributed by atoms with Crippen LogP contribution < -0.4 is 16.0 Å². The third-order valence-electron chi connectivity index (χ3n) is 5.27. The summed E-state index contributed by atoms with van der Waals surface area (Å²) in [7, 11) is 1.07. The van der Waals surface area contributed by atoms with Crippen molar-refractivity contribution in [2.24, 2.45) is 10.9 Å². The molecule has 0 aliphatic heterocycles. The molecule has 1 amide bonds. The van der Waals surface area contributed by atoms with Crippen LogP contribution in [0, 0.1) is 5.92 Å². The van der Waals surface area contributed by atoms with Gasteiger partial charge >= 0.3 is 0 Å². The predicted molar refractivity (Wildman–Crippen MR) is 120 cm³/mol. The molecule has 8 heteroatoms. The van der Waals surface area contributed by atoms with Crippen LogP contribution in [0.4, 0.5) is 0 Å². The second-order valence-electron chi connectivity index (χ2n) is 7.07. The zero-order valence-electron chi connectivity index (χ0n) is 16.1. The Labute approximate surface area is 177 Å². The van der Waals surface area contributed by atoms with E-state index in [-0.39, 0.29) is 35.8 Å². The maximum absolute atomic E-state index is 12.0. The molecule has 2 fully saturated rings. The van der Waals surface area contributed by atoms with Crippen LogP contribution in [0.5, 0.6) is 0 Å². The molecule has 3 atom stereocenters. The number of aliphatic imine (C=N–C) groups is 1. The molecule has 0 bridgehead atoms. The molecule has 0 aromatic carbocycles. The molecule has 3 N–H and O–H groups in total. The van der Waals surface area contributed by atoms with Crippen molar-refractivity contribution in [3.63, 3.8) is 0 Å². The van der Waals surface area contributed by atoms with Gasteiger partial charge < -0.3 is 16.0 Å². The molecule has 2 rings (SSSR count). The number of carbonyl (C=O) groups is 1. The lowest BCUT2D eigenvalue weighted by molar-refractivity contribution is -0.127. The smallest absolute Gasteiger partial charge is 0.223 e. The van der Waals surface area contributed by atoms with Gasteiger partial charge in [-0.3, -0.25) is 14.0 Å². The molecule has 0 aromatic heterocycles. The van der Waals surface area contributed by atoms with Gasteiger partial charge in [0.25, 0.3) is 0 Å². The molecular weight excluding hydrogens is 463 g/mol. The fourth-order valence-corrected chi connectivity index (χ4v) is 4.81. The van der Waals surface area contributed by atoms with Gasteiger partial charge in [-0.05, 0) is 38.5 Å². The number of halogens is 1. The topological polar surface area (TPSA) is 82.6 Å². The van der Waals surface area contributed by atoms with E-state index >= 15 is 0 Å². The van der Waals surface area contributed by atoms with E-state index in [1.165, 1.54) is 6.42 Å². The molecule has 26 heavy (non-hydrogen) atoms. The molecule has 0 aromatic rings. The van der Waals surface area contributed by atoms with E-state index in [2.05, 4.69) is 20.9 Å². The number of carbonyl (C=O) groups excluding carboxylic acids is 1. The van der Waals surface area contributed by atoms with Crippen molar-refractivity contribution in [1.82, 2.24) is 16.0 Å². The van der Waals surface area contributed by atoms with Gasteiger partial charge in [0.15, 0.2) is 5.96 Å². The van der Waals surface area contributed by atoms with Crippen LogP contribution in [0.3, 0.4) is 0 Å². The highest BCUT2D eigenvalue weighted by Crippen LogP contribution is 2.26. The van der Waals surface area contributed by atoms with Crippen molar-refractivity contribution >= 4 is 46.6 Å². The first-order chi connectivity index (χ1) is 12.1. The molecule has 0 saturated heterocycles. The predicted octanol–water partition coefficient (Wildman–Crippen LogP) is 2.16. The number of rotatable bonds is 8. The lowest BCUT2D eigenvalue weighted by Gasteiger charge is -2.30. The number of nitrogens with one attached hydrogen (secondary N) is 3. The van der Waals surface area contributed by atoms with Gasteiger partial charge in [-0.2, -0.15) is 0 Å². The van der Waals surface area contributed by atoms with Crippen molar-refractivity contribution in [1.29, 1.82) is 0 Å². The number of amides is 1. The van der Waals surface area contributed by atoms with Gasteiger partial charge in [-0.15, -0.1) is 24.0 Å². The van der Waals surface area contributed by atoms with Crippen LogP contribution in [0.25, 0.3) is 0 Å². The van der Waals surface area contributed by atoms with Crippen LogP contribution in [-0.2, 0) is 15.6 Å². The first-order valence-electron chi connectivity index (χ1n) is 9.76. The number of hydrogen-bond donors (Lipinski definition) is 3. The van der Waals surface area contributed by atoms with Gasteiger partial charge in [0.2, 0.25) is 5.91 Å². The Balaban J connectivity index is 0.00000338. The minimum atomic E-state index is -0.704. The van der Waals surface area contributed by atoms with E-state index in [0.29, 0.717) is 17.8 Å². The molecule has 2 aliphatic rings. The second kappa shape index (κ2) is 12.9. The summed E-state index contributed by atoms with van der Waals surface area (Å²) in [6.07, 6.45) is 8.43. The van der Waals surface area contributed by atoms with Crippen molar-refractivity contribution in [3.05, 3.63) is 0 Å². The lowest BCUT2D eigenvalue weighted by Crippen LogP contribution is -2.47. The van der Waals surface area contributed by atoms with Crippen LogP contribution in [0.1, 0.15) is 58.3 Å². The number of nitrogens with zero attached hydrogens (tertiary/aromatic N) is 1. The summed E-state index contributed by atoms with van der Waals surface area (Å²) in [6, 6.07) is 0.346. The molecule has 6 nitrogen and oxygen atoms in total. The largest absolute Gasteiger partial charge is 0.356 e. The summed E-state index contributed by atoms with van der Waals surface area (Å²) in [5.41, 5.74) is 0. The van der Waals surface area contributed by atoms with Gasteiger partial charge in [-0.1, -0.05) is 19.8 Å². The van der Waals surface area contributed by atoms with Crippen molar-refractivity contribution in [2.45, 2.75) is 69.6 Å². The Morgan fingerprint density at radius 3 is 2.42 bits per heavy atom. The molecule has 2 aliphatic carbocycles. The quantitative estimate of drug-likeness (QED) is 0.207. The third-order valence-corrected chi connectivity index (χ3v) is 7.01. The molecule has 3 unspecified atom stereocenters. The highest BCUT2D eigenvalue weighted by atomic mass is 127. The van der Waals surface area contributed by atoms with E-state index in [4.69, 9.17) is 0 Å². The van der Waals surface area contributed by atoms with E-state index in [1.54, 1.807) is 7.05 Å². The molecule has 152 valence electrons. The summed E-state index contributed by atoms with van der Waals surface area (Å²) in [5, 5.41) is 10.1. The van der Waals surface area contributed by atoms with Gasteiger partial charge in [0.05, 0.1) is 0 Å². The van der Waals surface area contributed by atoms with E-state index in [9.17, 15) is 9.00 Å². The summed E-state index contributed by atoms with van der Waals surface area (Å²) in [4.78, 5) is 16.0. The fraction of sp³-hybridized carbons (Fsp3) is 0.889. The van der Waals surface area contributed by atoms with Crippen LogP contribution in [0.15, 0.2) is 4.99 Å². The second-order valence-corrected chi connectivity index (χ2v) is 9.08. The Morgan fingerprint density at radius 1 is 1.12 bits per heavy atom. The van der Waals surface area contributed by atoms with E-state index < -0.39 is 10.8 Å². The summed E-state index contributed by atoms with van der Waals surface area (Å²) in [6.45, 7) is 3.49. The standard InChI is InChI=1S/C18H34N4O2S.HI/c1-3-25(24)16-10-5-9-15(13-16)22-18(19-2)21-12-6-11-20-17(23)14-7-4-8-14;/h14-16H,3-13H2,1-2H3,(H,20,23)(H2,19,21,22);1H. The Morgan fingerprint density at radius 2 is 1.81 bits per heavy atom. The maximum atomic E-state index is 12.0. The van der Waals surface area contributed by atoms with Gasteiger partial charge in [-0.25, -0.2) is 0 Å². The summed E-state index contributed by atoms with van der Waals surface area (Å²) < 4.78 is 12.0. The first kappa shape index (κ1) is 23.7. The van der Waals surface area contributed by atoms with Crippen molar-refractivity contribution < 1.29 is 9.00 Å². The highest BCUT2D eigenvalue weighted by molar-refractivity contribution is 14.0. The molecule has 2 saturated carbocycles. The summed E-state index contributed by atoms with van der Waals surface area (Å²) >= 11 is 0. The minimum Gasteiger partial charge on any atom is -0.356 e. The fourth-order valence-electron chi connectivity index (χ4n) is 3.46. The van der Waals surface area contributed by atoms with Crippen LogP contribution in [-0.4, -0.2) is 53.3 Å². The SMILES string of the molecule is CCS(=O)C1CCCC(NC(=NC)NCCCNC(=O)C2CCC2)C1.I. The van der Waals surface area contributed by atoms with E-state index in [0.717, 1.165) is 63.2 Å². The van der Waals surface area contributed by atoms with Crippen LogP contribution in [0.2, 0.25) is 0 Å². The summed E-state index contributed by atoms with van der Waals surface area (Å²) in [5.74, 6) is 2.02. The maximum Gasteiger partial charge on any atom is 0.223 e. The Hall–Kier alpha value is -0.380. The number of guanidine groups is 1. The van der Waals surface area contributed by atoms with Gasteiger partial charge in [0, 0.05) is 53.9 Å². The zero-order chi connectivity index (χ0) is 18.1. The van der Waals surface area contributed by atoms with Crippen molar-refractivity contribution in [2.75, 3.05) is 25.9 Å². The first-order valence-corrected chi connectivity index (χ1v) is 11.1. The Kier molecular flexibility index (Phi) is 11.7. The minimum absolute atomic E-state index is 0. The number of hydrogen-bond acceptors (Lipinski definition) is 3. The van der Waals surface area contributed by atoms with Crippen LogP contribution >= 0.6 is 24.0 Å². The van der Waals surface area contributed by atoms with Gasteiger partial charge in [0.1, 0.15) is 0 Å². The van der Waals surface area contributed by atoms with E-state index in [1.807, 2.05) is 6.92 Å². The molecular formula is C18H35IN4O2S. The zero-order valence-corrected chi connectivity index (χ0v) is 19.2. The Bertz CT molecular complexity index is 486. The molecule has 0 heterocycles. The van der Waals surface area contributed by atoms with Crippen molar-refractivity contribution in [3.8, 4) is 0 Å². The third kappa shape index (κ3) is 7.70. The molecule has 0 spiro atoms. The monoisotopic (exact) mass is 498 g/mol. The lowest BCUT2D eigenvalue weighted by atomic mass is 9.85. The molecule has 0 radical (unpaired) electrons. The normalized spacial score (nSPS) is 24.8. The average Bonchev–Trinajstić information content (AvgIpc) is 2.58. The average molecular weight is 498 g/mol. The highest BCUT2D eigenvalue weighted by Gasteiger charge is 2.26.